The van der Waals surface area contributed by atoms with Crippen LogP contribution >= 0.6 is 0 Å². The summed E-state index contributed by atoms with van der Waals surface area (Å²) in [5.41, 5.74) is 7.40. The van der Waals surface area contributed by atoms with E-state index in [1.807, 2.05) is 6.92 Å². The van der Waals surface area contributed by atoms with E-state index in [1.54, 1.807) is 18.2 Å². The smallest absolute Gasteiger partial charge is 0.273 e. The quantitative estimate of drug-likeness (QED) is 0.574. The van der Waals surface area contributed by atoms with Crippen molar-refractivity contribution in [3.63, 3.8) is 0 Å². The highest BCUT2D eigenvalue weighted by Gasteiger charge is 2.16. The molecule has 0 saturated carbocycles. The van der Waals surface area contributed by atoms with E-state index >= 15 is 0 Å². The Kier molecular flexibility index (Phi) is 3.71. The van der Waals surface area contributed by atoms with E-state index in [0.29, 0.717) is 16.8 Å². The highest BCUT2D eigenvalue weighted by Crippen LogP contribution is 2.18. The third-order valence-electron chi connectivity index (χ3n) is 2.89. The van der Waals surface area contributed by atoms with Crippen molar-refractivity contribution in [1.82, 2.24) is 15.5 Å². The van der Waals surface area contributed by atoms with Gasteiger partial charge in [-0.2, -0.15) is 5.10 Å². The molecule has 5 heteroatoms. The number of benzene rings is 1. The normalized spacial score (nSPS) is 12.0. The van der Waals surface area contributed by atoms with Gasteiger partial charge in [-0.15, -0.1) is 6.42 Å². The van der Waals surface area contributed by atoms with Crippen molar-refractivity contribution in [2.75, 3.05) is 5.73 Å². The van der Waals surface area contributed by atoms with Gasteiger partial charge >= 0.3 is 0 Å². The molecular weight excluding hydrogens is 240 g/mol. The Hall–Kier alpha value is -2.48. The molecule has 98 valence electrons. The first-order chi connectivity index (χ1) is 9.15. The molecule has 0 saturated heterocycles. The Morgan fingerprint density at radius 1 is 1.63 bits per heavy atom. The van der Waals surface area contributed by atoms with Gasteiger partial charge in [0.05, 0.1) is 11.6 Å². The number of rotatable bonds is 4. The summed E-state index contributed by atoms with van der Waals surface area (Å²) < 4.78 is 0. The lowest BCUT2D eigenvalue weighted by Gasteiger charge is -2.10. The molecule has 0 aliphatic carbocycles. The lowest BCUT2D eigenvalue weighted by molar-refractivity contribution is 0.0941. The highest BCUT2D eigenvalue weighted by atomic mass is 16.2. The van der Waals surface area contributed by atoms with Crippen LogP contribution in [0.3, 0.4) is 0 Å². The minimum Gasteiger partial charge on any atom is -0.399 e. The van der Waals surface area contributed by atoms with E-state index in [0.717, 1.165) is 18.4 Å². The Bertz CT molecular complexity index is 638. The second-order valence-electron chi connectivity index (χ2n) is 4.36. The molecule has 1 heterocycles. The van der Waals surface area contributed by atoms with E-state index in [1.165, 1.54) is 0 Å². The zero-order valence-corrected chi connectivity index (χ0v) is 10.7. The largest absolute Gasteiger partial charge is 0.399 e. The number of terminal acetylenes is 1. The van der Waals surface area contributed by atoms with Gasteiger partial charge in [-0.05, 0) is 24.6 Å². The van der Waals surface area contributed by atoms with Gasteiger partial charge in [0, 0.05) is 11.1 Å². The summed E-state index contributed by atoms with van der Waals surface area (Å²) in [5, 5.41) is 10.3. The number of hydrogen-bond acceptors (Lipinski definition) is 3. The number of carbonyl (C=O) groups is 1. The summed E-state index contributed by atoms with van der Waals surface area (Å²) in [6.45, 7) is 2.02. The molecule has 0 aliphatic heterocycles. The van der Waals surface area contributed by atoms with Crippen LogP contribution in [0.15, 0.2) is 18.2 Å². The number of H-pyrrole nitrogens is 1. The number of aromatic nitrogens is 2. The molecule has 2 aromatic rings. The van der Waals surface area contributed by atoms with Gasteiger partial charge in [-0.25, -0.2) is 0 Å². The Balaban J connectivity index is 2.27. The van der Waals surface area contributed by atoms with Crippen LogP contribution in [-0.4, -0.2) is 22.1 Å². The molecule has 1 unspecified atom stereocenters. The SMILES string of the molecule is C#CC(CCC)NC(=O)c1n[nH]c2ccc(N)cc12. The van der Waals surface area contributed by atoms with Crippen LogP contribution in [0.4, 0.5) is 5.69 Å². The van der Waals surface area contributed by atoms with Gasteiger partial charge in [-0.1, -0.05) is 19.3 Å². The van der Waals surface area contributed by atoms with Gasteiger partial charge in [0.15, 0.2) is 5.69 Å². The van der Waals surface area contributed by atoms with Crippen LogP contribution in [-0.2, 0) is 0 Å². The van der Waals surface area contributed by atoms with Crippen LogP contribution < -0.4 is 11.1 Å². The summed E-state index contributed by atoms with van der Waals surface area (Å²) in [6.07, 6.45) is 7.03. The molecule has 19 heavy (non-hydrogen) atoms. The van der Waals surface area contributed by atoms with Crippen molar-refractivity contribution in [2.24, 2.45) is 0 Å². The average Bonchev–Trinajstić information content (AvgIpc) is 2.81. The van der Waals surface area contributed by atoms with E-state index in [2.05, 4.69) is 21.4 Å². The molecule has 0 fully saturated rings. The second kappa shape index (κ2) is 5.44. The molecule has 2 rings (SSSR count). The lowest BCUT2D eigenvalue weighted by atomic mass is 10.1. The van der Waals surface area contributed by atoms with E-state index in [-0.39, 0.29) is 11.9 Å². The molecule has 0 radical (unpaired) electrons. The fraction of sp³-hybridized carbons (Fsp3) is 0.286. The zero-order chi connectivity index (χ0) is 13.8. The van der Waals surface area contributed by atoms with Gasteiger partial charge in [0.2, 0.25) is 0 Å². The lowest BCUT2D eigenvalue weighted by Crippen LogP contribution is -2.33. The molecule has 0 aliphatic rings. The topological polar surface area (TPSA) is 83.8 Å². The minimum atomic E-state index is -0.284. The number of nitrogens with zero attached hydrogens (tertiary/aromatic N) is 1. The molecule has 1 aromatic carbocycles. The summed E-state index contributed by atoms with van der Waals surface area (Å²) in [7, 11) is 0. The first-order valence-corrected chi connectivity index (χ1v) is 6.16. The first kappa shape index (κ1) is 13.0. The maximum Gasteiger partial charge on any atom is 0.273 e. The highest BCUT2D eigenvalue weighted by molar-refractivity contribution is 6.05. The van der Waals surface area contributed by atoms with Crippen LogP contribution in [0.5, 0.6) is 0 Å². The van der Waals surface area contributed by atoms with E-state index in [9.17, 15) is 4.79 Å². The predicted octanol–water partition coefficient (Wildman–Crippen LogP) is 1.68. The molecule has 1 aromatic heterocycles. The summed E-state index contributed by atoms with van der Waals surface area (Å²) in [5.74, 6) is 2.28. The Labute approximate surface area is 111 Å². The van der Waals surface area contributed by atoms with Crippen molar-refractivity contribution in [3.8, 4) is 12.3 Å². The van der Waals surface area contributed by atoms with E-state index < -0.39 is 0 Å². The maximum absolute atomic E-state index is 12.1. The van der Waals surface area contributed by atoms with Crippen molar-refractivity contribution in [1.29, 1.82) is 0 Å². The van der Waals surface area contributed by atoms with Crippen LogP contribution in [0.1, 0.15) is 30.3 Å². The number of aromatic amines is 1. The summed E-state index contributed by atoms with van der Waals surface area (Å²) >= 11 is 0. The van der Waals surface area contributed by atoms with Crippen molar-refractivity contribution >= 4 is 22.5 Å². The Morgan fingerprint density at radius 2 is 2.42 bits per heavy atom. The third kappa shape index (κ3) is 2.68. The molecule has 0 spiro atoms. The van der Waals surface area contributed by atoms with Crippen molar-refractivity contribution in [2.45, 2.75) is 25.8 Å². The maximum atomic E-state index is 12.1. The van der Waals surface area contributed by atoms with Crippen LogP contribution in [0.25, 0.3) is 10.9 Å². The molecule has 0 bridgehead atoms. The first-order valence-electron chi connectivity index (χ1n) is 6.16. The molecule has 4 N–H and O–H groups in total. The number of amides is 1. The Morgan fingerprint density at radius 3 is 3.11 bits per heavy atom. The molecule has 1 atom stereocenters. The van der Waals surface area contributed by atoms with Crippen molar-refractivity contribution < 1.29 is 4.79 Å². The minimum absolute atomic E-state index is 0.273. The van der Waals surface area contributed by atoms with Gasteiger partial charge < -0.3 is 11.1 Å². The van der Waals surface area contributed by atoms with Gasteiger partial charge in [-0.3, -0.25) is 9.89 Å². The fourth-order valence-electron chi connectivity index (χ4n) is 1.92. The molecular formula is C14H16N4O. The van der Waals surface area contributed by atoms with Gasteiger partial charge in [0.25, 0.3) is 5.91 Å². The third-order valence-corrected chi connectivity index (χ3v) is 2.89. The number of fused-ring (bicyclic) bond motifs is 1. The number of anilines is 1. The zero-order valence-electron chi connectivity index (χ0n) is 10.7. The predicted molar refractivity (Wildman–Crippen MR) is 75.5 cm³/mol. The standard InChI is InChI=1S/C14H16N4O/c1-3-5-10(4-2)16-14(19)13-11-8-9(15)6-7-12(11)17-18-13/h2,6-8,10H,3,5,15H2,1H3,(H,16,19)(H,17,18). The van der Waals surface area contributed by atoms with E-state index in [4.69, 9.17) is 12.2 Å². The van der Waals surface area contributed by atoms with Crippen molar-refractivity contribution in [3.05, 3.63) is 23.9 Å². The summed E-state index contributed by atoms with van der Waals surface area (Å²) in [6, 6.07) is 4.99. The monoisotopic (exact) mass is 256 g/mol. The number of nitrogens with one attached hydrogen (secondary N) is 2. The van der Waals surface area contributed by atoms with Crippen LogP contribution in [0.2, 0.25) is 0 Å². The number of carbonyl (C=O) groups excluding carboxylic acids is 1. The summed E-state index contributed by atoms with van der Waals surface area (Å²) in [4.78, 5) is 12.1. The molecule has 1 amide bonds. The molecule has 5 nitrogen and oxygen atoms in total. The van der Waals surface area contributed by atoms with Crippen LogP contribution in [0, 0.1) is 12.3 Å². The average molecular weight is 256 g/mol. The second-order valence-corrected chi connectivity index (χ2v) is 4.36. The number of hydrogen-bond donors (Lipinski definition) is 3. The fourth-order valence-corrected chi connectivity index (χ4v) is 1.92. The number of nitrogens with two attached hydrogens (primary N) is 1. The number of nitrogen functional groups attached to an aromatic ring is 1. The van der Waals surface area contributed by atoms with Gasteiger partial charge in [0.1, 0.15) is 0 Å².